The highest BCUT2D eigenvalue weighted by molar-refractivity contribution is 5.98. The lowest BCUT2D eigenvalue weighted by atomic mass is 9.90. The Morgan fingerprint density at radius 2 is 1.74 bits per heavy atom. The van der Waals surface area contributed by atoms with Gasteiger partial charge in [0.1, 0.15) is 0 Å². The summed E-state index contributed by atoms with van der Waals surface area (Å²) in [4.78, 5) is 5.20. The molecule has 0 radical (unpaired) electrons. The highest BCUT2D eigenvalue weighted by atomic mass is 19.3. The van der Waals surface area contributed by atoms with Gasteiger partial charge in [0, 0.05) is 29.5 Å². The molecule has 4 aromatic rings. The van der Waals surface area contributed by atoms with Gasteiger partial charge in [0.05, 0.1) is 5.69 Å². The molecule has 0 spiro atoms. The molecule has 0 N–H and O–H groups in total. The van der Waals surface area contributed by atoms with Crippen LogP contribution >= 0.6 is 0 Å². The highest BCUT2D eigenvalue weighted by Gasteiger charge is 2.40. The number of alkyl halides is 2. The van der Waals surface area contributed by atoms with Crippen LogP contribution < -0.4 is 0 Å². The van der Waals surface area contributed by atoms with Gasteiger partial charge in [0.25, 0.3) is 0 Å². The molecular formula is C31H29F2N. The van der Waals surface area contributed by atoms with Gasteiger partial charge in [-0.25, -0.2) is 8.78 Å². The summed E-state index contributed by atoms with van der Waals surface area (Å²) < 4.78 is 28.0. The SMILES string of the molecule is Cc1cc2c(c(-c3nc(C(C)C)cc4ccc(C5CCC(F)(F)C5)cc34)c1)Cc1ccccc1-2. The van der Waals surface area contributed by atoms with Crippen molar-refractivity contribution < 1.29 is 8.78 Å². The van der Waals surface area contributed by atoms with Gasteiger partial charge in [-0.1, -0.05) is 56.3 Å². The zero-order chi connectivity index (χ0) is 23.6. The zero-order valence-electron chi connectivity index (χ0n) is 20.0. The first-order valence-corrected chi connectivity index (χ1v) is 12.3. The molecule has 6 rings (SSSR count). The summed E-state index contributed by atoms with van der Waals surface area (Å²) in [7, 11) is 0. The molecule has 2 aliphatic carbocycles. The van der Waals surface area contributed by atoms with Crippen molar-refractivity contribution in [3.8, 4) is 22.4 Å². The van der Waals surface area contributed by atoms with Crippen molar-refractivity contribution in [1.82, 2.24) is 4.98 Å². The molecule has 3 aromatic carbocycles. The fourth-order valence-corrected chi connectivity index (χ4v) is 5.86. The summed E-state index contributed by atoms with van der Waals surface area (Å²) in [5.74, 6) is -2.35. The van der Waals surface area contributed by atoms with Crippen LogP contribution in [0.1, 0.15) is 72.9 Å². The Bertz CT molecular complexity index is 1430. The molecule has 0 aliphatic heterocycles. The van der Waals surface area contributed by atoms with Crippen molar-refractivity contribution in [2.75, 3.05) is 0 Å². The molecule has 1 unspecified atom stereocenters. The Morgan fingerprint density at radius 1 is 0.941 bits per heavy atom. The first kappa shape index (κ1) is 21.5. The summed E-state index contributed by atoms with van der Waals surface area (Å²) >= 11 is 0. The van der Waals surface area contributed by atoms with Crippen LogP contribution in [-0.4, -0.2) is 10.9 Å². The predicted molar refractivity (Wildman–Crippen MR) is 136 cm³/mol. The van der Waals surface area contributed by atoms with E-state index >= 15 is 0 Å². The van der Waals surface area contributed by atoms with Gasteiger partial charge in [-0.15, -0.1) is 0 Å². The van der Waals surface area contributed by atoms with Crippen LogP contribution in [-0.2, 0) is 6.42 Å². The third kappa shape index (κ3) is 3.53. The van der Waals surface area contributed by atoms with E-state index < -0.39 is 5.92 Å². The molecule has 2 aliphatic rings. The van der Waals surface area contributed by atoms with Crippen molar-refractivity contribution in [2.24, 2.45) is 0 Å². The molecule has 172 valence electrons. The number of benzene rings is 3. The minimum atomic E-state index is -2.55. The van der Waals surface area contributed by atoms with Crippen LogP contribution in [0, 0.1) is 6.92 Å². The Balaban J connectivity index is 1.58. The Kier molecular flexibility index (Phi) is 4.88. The predicted octanol–water partition coefficient (Wildman–Crippen LogP) is 8.81. The summed E-state index contributed by atoms with van der Waals surface area (Å²) in [6.45, 7) is 6.48. The number of nitrogens with zero attached hydrogens (tertiary/aromatic N) is 1. The first-order chi connectivity index (χ1) is 16.3. The average molecular weight is 454 g/mol. The number of aryl methyl sites for hydroxylation is 1. The van der Waals surface area contributed by atoms with Gasteiger partial charge in [0.15, 0.2) is 0 Å². The molecule has 1 saturated carbocycles. The molecule has 1 atom stereocenters. The minimum absolute atomic E-state index is 0.0171. The summed E-state index contributed by atoms with van der Waals surface area (Å²) in [6, 6.07) is 21.6. The second-order valence-electron chi connectivity index (χ2n) is 10.5. The lowest BCUT2D eigenvalue weighted by Crippen LogP contribution is -2.09. The van der Waals surface area contributed by atoms with Crippen molar-refractivity contribution in [1.29, 1.82) is 0 Å². The molecule has 34 heavy (non-hydrogen) atoms. The third-order valence-corrected chi connectivity index (χ3v) is 7.67. The van der Waals surface area contributed by atoms with Crippen LogP contribution in [0.3, 0.4) is 0 Å². The molecular weight excluding hydrogens is 424 g/mol. The van der Waals surface area contributed by atoms with E-state index in [4.69, 9.17) is 4.98 Å². The molecule has 3 heteroatoms. The van der Waals surface area contributed by atoms with E-state index in [2.05, 4.69) is 81.4 Å². The molecule has 0 bridgehead atoms. The summed E-state index contributed by atoms with van der Waals surface area (Å²) in [5.41, 5.74) is 10.7. The monoisotopic (exact) mass is 453 g/mol. The van der Waals surface area contributed by atoms with E-state index in [1.165, 1.54) is 33.4 Å². The van der Waals surface area contributed by atoms with Crippen LogP contribution in [0.15, 0.2) is 60.7 Å². The maximum atomic E-state index is 14.0. The summed E-state index contributed by atoms with van der Waals surface area (Å²) in [5, 5.41) is 2.20. The molecule has 1 aromatic heterocycles. The maximum Gasteiger partial charge on any atom is 0.248 e. The van der Waals surface area contributed by atoms with Crippen LogP contribution in [0.5, 0.6) is 0 Å². The molecule has 1 nitrogen and oxygen atoms in total. The van der Waals surface area contributed by atoms with Gasteiger partial charge in [-0.05, 0) is 88.6 Å². The molecule has 1 heterocycles. The Morgan fingerprint density at radius 3 is 2.50 bits per heavy atom. The van der Waals surface area contributed by atoms with E-state index in [0.29, 0.717) is 12.3 Å². The normalized spacial score (nSPS) is 18.5. The molecule has 0 amide bonds. The third-order valence-electron chi connectivity index (χ3n) is 7.67. The number of fused-ring (bicyclic) bond motifs is 4. The number of aromatic nitrogens is 1. The topological polar surface area (TPSA) is 12.9 Å². The lowest BCUT2D eigenvalue weighted by Gasteiger charge is -2.18. The number of rotatable bonds is 3. The van der Waals surface area contributed by atoms with Crippen molar-refractivity contribution in [2.45, 2.75) is 64.2 Å². The number of pyridine rings is 1. The van der Waals surface area contributed by atoms with Crippen LogP contribution in [0.25, 0.3) is 33.2 Å². The molecule has 0 saturated heterocycles. The van der Waals surface area contributed by atoms with Gasteiger partial charge in [-0.3, -0.25) is 4.98 Å². The van der Waals surface area contributed by atoms with Crippen LogP contribution in [0.2, 0.25) is 0 Å². The average Bonchev–Trinajstić information content (AvgIpc) is 3.37. The van der Waals surface area contributed by atoms with Crippen molar-refractivity contribution in [3.63, 3.8) is 0 Å². The summed E-state index contributed by atoms with van der Waals surface area (Å²) in [6.07, 6.45) is 1.36. The van der Waals surface area contributed by atoms with Crippen LogP contribution in [0.4, 0.5) is 8.78 Å². The van der Waals surface area contributed by atoms with E-state index in [9.17, 15) is 8.78 Å². The fraction of sp³-hybridized carbons (Fsp3) is 0.323. The van der Waals surface area contributed by atoms with Gasteiger partial charge < -0.3 is 0 Å². The van der Waals surface area contributed by atoms with Crippen molar-refractivity contribution in [3.05, 3.63) is 88.6 Å². The van der Waals surface area contributed by atoms with Gasteiger partial charge in [0.2, 0.25) is 5.92 Å². The number of hydrogen-bond donors (Lipinski definition) is 0. The highest BCUT2D eigenvalue weighted by Crippen LogP contribution is 2.47. The largest absolute Gasteiger partial charge is 0.252 e. The number of hydrogen-bond acceptors (Lipinski definition) is 1. The number of halogens is 2. The van der Waals surface area contributed by atoms with E-state index in [0.717, 1.165) is 34.1 Å². The quantitative estimate of drug-likeness (QED) is 0.266. The lowest BCUT2D eigenvalue weighted by molar-refractivity contribution is 0.00777. The maximum absolute atomic E-state index is 14.0. The minimum Gasteiger partial charge on any atom is -0.252 e. The van der Waals surface area contributed by atoms with Gasteiger partial charge in [-0.2, -0.15) is 0 Å². The first-order valence-electron chi connectivity index (χ1n) is 12.3. The second-order valence-corrected chi connectivity index (χ2v) is 10.5. The Hall–Kier alpha value is -3.07. The van der Waals surface area contributed by atoms with Crippen molar-refractivity contribution >= 4 is 10.8 Å². The standard InChI is InChI=1S/C31H29F2N/c1-18(2)29-16-22-9-8-20(23-10-11-31(32,33)17-23)14-25(22)30(34-29)28-13-19(3)12-26-24-7-5-4-6-21(24)15-27(26)28/h4-9,12-14,16,18,23H,10-11,15,17H2,1-3H3. The second kappa shape index (κ2) is 7.73. The smallest absolute Gasteiger partial charge is 0.248 e. The molecule has 1 fully saturated rings. The Labute approximate surface area is 199 Å². The zero-order valence-corrected chi connectivity index (χ0v) is 20.0. The van der Waals surface area contributed by atoms with Gasteiger partial charge >= 0.3 is 0 Å². The van der Waals surface area contributed by atoms with E-state index in [1.807, 2.05) is 0 Å². The fourth-order valence-electron chi connectivity index (χ4n) is 5.86. The van der Waals surface area contributed by atoms with E-state index in [-0.39, 0.29) is 18.8 Å². The van der Waals surface area contributed by atoms with E-state index in [1.54, 1.807) is 0 Å².